The van der Waals surface area contributed by atoms with Gasteiger partial charge in [0.2, 0.25) is 0 Å². The third kappa shape index (κ3) is 2.60. The average molecular weight is 151 g/mol. The number of para-hydroxylation sites is 1. The molecule has 1 radical (unpaired) electrons. The van der Waals surface area contributed by atoms with Gasteiger partial charge in [0.25, 0.3) is 0 Å². The normalized spacial score (nSPS) is 12.5. The van der Waals surface area contributed by atoms with Gasteiger partial charge in [0.15, 0.2) is 6.29 Å². The maximum atomic E-state index is 5.23. The maximum absolute atomic E-state index is 5.23. The monoisotopic (exact) mass is 151 g/mol. The number of benzene rings is 1. The molecule has 0 aromatic heterocycles. The van der Waals surface area contributed by atoms with Gasteiger partial charge in [-0.25, -0.2) is 0 Å². The first-order valence-electron chi connectivity index (χ1n) is 3.40. The second kappa shape index (κ2) is 3.98. The number of ether oxygens (including phenoxy) is 2. The lowest BCUT2D eigenvalue weighted by molar-refractivity contribution is -0.0180. The van der Waals surface area contributed by atoms with Gasteiger partial charge in [0.1, 0.15) is 5.75 Å². The Balaban J connectivity index is 2.51. The van der Waals surface area contributed by atoms with E-state index in [0.29, 0.717) is 0 Å². The maximum Gasteiger partial charge on any atom is 0.199 e. The highest BCUT2D eigenvalue weighted by molar-refractivity contribution is 5.21. The first kappa shape index (κ1) is 8.08. The van der Waals surface area contributed by atoms with Crippen LogP contribution in [0.2, 0.25) is 0 Å². The van der Waals surface area contributed by atoms with E-state index < -0.39 is 6.29 Å². The number of hydrogen-bond acceptors (Lipinski definition) is 2. The summed E-state index contributed by atoms with van der Waals surface area (Å²) in [6, 6.07) is 9.45. The summed E-state index contributed by atoms with van der Waals surface area (Å²) in [5, 5.41) is 0. The zero-order chi connectivity index (χ0) is 8.10. The molecule has 0 amide bonds. The topological polar surface area (TPSA) is 18.5 Å². The molecule has 1 atom stereocenters. The lowest BCUT2D eigenvalue weighted by Gasteiger charge is -2.11. The highest BCUT2D eigenvalue weighted by atomic mass is 16.7. The molecule has 0 saturated heterocycles. The van der Waals surface area contributed by atoms with Crippen LogP contribution in [0.15, 0.2) is 30.3 Å². The van der Waals surface area contributed by atoms with E-state index in [-0.39, 0.29) is 0 Å². The minimum absolute atomic E-state index is 0.433. The molecule has 11 heavy (non-hydrogen) atoms. The van der Waals surface area contributed by atoms with Crippen molar-refractivity contribution in [2.24, 2.45) is 0 Å². The van der Waals surface area contributed by atoms with Gasteiger partial charge >= 0.3 is 0 Å². The minimum atomic E-state index is -0.433. The number of rotatable bonds is 3. The van der Waals surface area contributed by atoms with Crippen LogP contribution in [0.4, 0.5) is 0 Å². The van der Waals surface area contributed by atoms with Crippen molar-refractivity contribution in [3.63, 3.8) is 0 Å². The molecule has 0 aliphatic carbocycles. The molecule has 0 N–H and O–H groups in total. The second-order valence-corrected chi connectivity index (χ2v) is 2.10. The molecule has 2 heteroatoms. The van der Waals surface area contributed by atoms with E-state index in [1.54, 1.807) is 7.11 Å². The molecule has 1 aromatic carbocycles. The summed E-state index contributed by atoms with van der Waals surface area (Å²) in [5.74, 6) is 0.773. The lowest BCUT2D eigenvalue weighted by atomic mass is 10.3. The second-order valence-electron chi connectivity index (χ2n) is 2.10. The van der Waals surface area contributed by atoms with Crippen molar-refractivity contribution >= 4 is 0 Å². The van der Waals surface area contributed by atoms with Crippen LogP contribution in [0.25, 0.3) is 0 Å². The van der Waals surface area contributed by atoms with Gasteiger partial charge in [-0.1, -0.05) is 18.2 Å². The summed E-state index contributed by atoms with van der Waals surface area (Å²) in [5.41, 5.74) is 0. The molecule has 0 aliphatic rings. The Bertz CT molecular complexity index is 196. The van der Waals surface area contributed by atoms with E-state index in [9.17, 15) is 0 Å². The molecule has 0 heterocycles. The van der Waals surface area contributed by atoms with Crippen molar-refractivity contribution in [2.45, 2.75) is 6.29 Å². The molecular formula is C9H11O2. The SMILES string of the molecule is [CH2]C(OC)Oc1ccccc1. The van der Waals surface area contributed by atoms with Crippen LogP contribution in [0, 0.1) is 6.92 Å². The van der Waals surface area contributed by atoms with E-state index in [1.165, 1.54) is 0 Å². The highest BCUT2D eigenvalue weighted by Crippen LogP contribution is 2.10. The summed E-state index contributed by atoms with van der Waals surface area (Å²) >= 11 is 0. The third-order valence-corrected chi connectivity index (χ3v) is 1.27. The molecule has 2 nitrogen and oxygen atoms in total. The van der Waals surface area contributed by atoms with Crippen LogP contribution in [-0.4, -0.2) is 13.4 Å². The van der Waals surface area contributed by atoms with E-state index in [4.69, 9.17) is 9.47 Å². The Labute approximate surface area is 66.8 Å². The quantitative estimate of drug-likeness (QED) is 0.614. The Morgan fingerprint density at radius 2 is 1.91 bits per heavy atom. The van der Waals surface area contributed by atoms with Gasteiger partial charge in [0, 0.05) is 14.0 Å². The highest BCUT2D eigenvalue weighted by Gasteiger charge is 1.98. The summed E-state index contributed by atoms with van der Waals surface area (Å²) in [4.78, 5) is 0. The van der Waals surface area contributed by atoms with Crippen molar-refractivity contribution in [3.8, 4) is 5.75 Å². The molecule has 0 saturated carbocycles. The molecule has 59 valence electrons. The Hall–Kier alpha value is -1.02. The van der Waals surface area contributed by atoms with Crippen LogP contribution >= 0.6 is 0 Å². The Kier molecular flexibility index (Phi) is 2.93. The molecule has 1 unspecified atom stereocenters. The first-order valence-corrected chi connectivity index (χ1v) is 3.40. The third-order valence-electron chi connectivity index (χ3n) is 1.27. The fourth-order valence-corrected chi connectivity index (χ4v) is 0.699. The largest absolute Gasteiger partial charge is 0.465 e. The summed E-state index contributed by atoms with van der Waals surface area (Å²) in [6.45, 7) is 3.61. The number of methoxy groups -OCH3 is 1. The van der Waals surface area contributed by atoms with Crippen LogP contribution < -0.4 is 4.74 Å². The van der Waals surface area contributed by atoms with Crippen LogP contribution in [0.5, 0.6) is 5.75 Å². The molecule has 1 aromatic rings. The van der Waals surface area contributed by atoms with Crippen LogP contribution in [0.1, 0.15) is 0 Å². The standard InChI is InChI=1S/C9H11O2/c1-8(10-2)11-9-6-4-3-5-7-9/h3-8H,1H2,2H3. The fraction of sp³-hybridized carbons (Fsp3) is 0.222. The van der Waals surface area contributed by atoms with Crippen molar-refractivity contribution in [1.82, 2.24) is 0 Å². The lowest BCUT2D eigenvalue weighted by Crippen LogP contribution is -2.13. The molecule has 1 rings (SSSR count). The zero-order valence-corrected chi connectivity index (χ0v) is 6.49. The van der Waals surface area contributed by atoms with Crippen molar-refractivity contribution in [3.05, 3.63) is 37.3 Å². The van der Waals surface area contributed by atoms with Crippen molar-refractivity contribution < 1.29 is 9.47 Å². The predicted octanol–water partition coefficient (Wildman–Crippen LogP) is 1.87. The summed E-state index contributed by atoms with van der Waals surface area (Å²) in [6.07, 6.45) is -0.433. The molecular weight excluding hydrogens is 140 g/mol. The van der Waals surface area contributed by atoms with Gasteiger partial charge in [-0.2, -0.15) is 0 Å². The molecule has 0 fully saturated rings. The summed E-state index contributed by atoms with van der Waals surface area (Å²) < 4.78 is 10.1. The molecule has 0 aliphatic heterocycles. The molecule has 0 spiro atoms. The predicted molar refractivity (Wildman–Crippen MR) is 43.2 cm³/mol. The van der Waals surface area contributed by atoms with Gasteiger partial charge < -0.3 is 9.47 Å². The van der Waals surface area contributed by atoms with E-state index in [0.717, 1.165) is 5.75 Å². The van der Waals surface area contributed by atoms with Crippen LogP contribution in [0.3, 0.4) is 0 Å². The summed E-state index contributed by atoms with van der Waals surface area (Å²) in [7, 11) is 1.56. The van der Waals surface area contributed by atoms with E-state index in [1.807, 2.05) is 30.3 Å². The number of hydrogen-bond donors (Lipinski definition) is 0. The Morgan fingerprint density at radius 1 is 1.27 bits per heavy atom. The Morgan fingerprint density at radius 3 is 2.45 bits per heavy atom. The fourth-order valence-electron chi connectivity index (χ4n) is 0.699. The van der Waals surface area contributed by atoms with E-state index in [2.05, 4.69) is 6.92 Å². The van der Waals surface area contributed by atoms with Crippen molar-refractivity contribution in [1.29, 1.82) is 0 Å². The van der Waals surface area contributed by atoms with Gasteiger partial charge in [0.05, 0.1) is 0 Å². The zero-order valence-electron chi connectivity index (χ0n) is 6.49. The van der Waals surface area contributed by atoms with Crippen molar-refractivity contribution in [2.75, 3.05) is 7.11 Å². The van der Waals surface area contributed by atoms with Gasteiger partial charge in [-0.05, 0) is 12.1 Å². The van der Waals surface area contributed by atoms with Gasteiger partial charge in [-0.15, -0.1) is 0 Å². The molecule has 0 bridgehead atoms. The van der Waals surface area contributed by atoms with E-state index >= 15 is 0 Å². The van der Waals surface area contributed by atoms with Gasteiger partial charge in [-0.3, -0.25) is 0 Å². The average Bonchev–Trinajstić information content (AvgIpc) is 2.06. The smallest absolute Gasteiger partial charge is 0.199 e. The first-order chi connectivity index (χ1) is 5.33. The van der Waals surface area contributed by atoms with Crippen LogP contribution in [-0.2, 0) is 4.74 Å². The minimum Gasteiger partial charge on any atom is -0.465 e.